The summed E-state index contributed by atoms with van der Waals surface area (Å²) in [6, 6.07) is 4.42. The van der Waals surface area contributed by atoms with Crippen LogP contribution >= 0.6 is 11.6 Å². The largest absolute Gasteiger partial charge is 0.253 e. The van der Waals surface area contributed by atoms with Crippen LogP contribution in [0.4, 0.5) is 0 Å². The summed E-state index contributed by atoms with van der Waals surface area (Å²) in [4.78, 5) is 4.89. The summed E-state index contributed by atoms with van der Waals surface area (Å²) in [6.45, 7) is 4.30. The number of aryl methyl sites for hydroxylation is 3. The summed E-state index contributed by atoms with van der Waals surface area (Å²) in [5.74, 6) is 0.602. The number of aromatic nitrogens is 1. The lowest BCUT2D eigenvalue weighted by Crippen LogP contribution is -2.09. The first-order chi connectivity index (χ1) is 8.70. The normalized spacial score (nSPS) is 14.8. The first kappa shape index (κ1) is 12.0. The van der Waals surface area contributed by atoms with Crippen molar-refractivity contribution in [2.75, 3.05) is 0 Å². The number of fused-ring (bicyclic) bond motifs is 2. The molecule has 94 valence electrons. The predicted octanol–water partition coefficient (Wildman–Crippen LogP) is 4.47. The first-order valence-electron chi connectivity index (χ1n) is 6.68. The van der Waals surface area contributed by atoms with Gasteiger partial charge in [-0.25, -0.2) is 0 Å². The maximum atomic E-state index is 6.23. The number of hydrogen-bond donors (Lipinski definition) is 0. The third kappa shape index (κ3) is 1.81. The molecule has 1 aliphatic rings. The van der Waals surface area contributed by atoms with Crippen LogP contribution in [0.2, 0.25) is 0 Å². The fraction of sp³-hybridized carbons (Fsp3) is 0.438. The van der Waals surface area contributed by atoms with E-state index in [-0.39, 0.29) is 0 Å². The Labute approximate surface area is 113 Å². The average Bonchev–Trinajstić information content (AvgIpc) is 2.35. The summed E-state index contributed by atoms with van der Waals surface area (Å²) < 4.78 is 0. The van der Waals surface area contributed by atoms with Crippen molar-refractivity contribution in [3.63, 3.8) is 0 Å². The fourth-order valence-corrected chi connectivity index (χ4v) is 3.50. The lowest BCUT2D eigenvalue weighted by Gasteiger charge is -2.21. The Hall–Kier alpha value is -1.08. The third-order valence-corrected chi connectivity index (χ3v) is 4.22. The Bertz CT molecular complexity index is 616. The number of rotatable bonds is 1. The molecule has 1 aromatic carbocycles. The van der Waals surface area contributed by atoms with Crippen molar-refractivity contribution in [3.8, 4) is 0 Å². The molecule has 1 heterocycles. The molecule has 0 atom stereocenters. The van der Waals surface area contributed by atoms with E-state index in [1.807, 2.05) is 0 Å². The summed E-state index contributed by atoms with van der Waals surface area (Å²) >= 11 is 6.23. The van der Waals surface area contributed by atoms with E-state index < -0.39 is 0 Å². The Morgan fingerprint density at radius 3 is 2.72 bits per heavy atom. The van der Waals surface area contributed by atoms with Crippen molar-refractivity contribution < 1.29 is 0 Å². The minimum atomic E-state index is 0.602. The van der Waals surface area contributed by atoms with Crippen LogP contribution in [0.25, 0.3) is 10.9 Å². The van der Waals surface area contributed by atoms with Crippen molar-refractivity contribution in [1.29, 1.82) is 0 Å². The molecule has 18 heavy (non-hydrogen) atoms. The van der Waals surface area contributed by atoms with Crippen LogP contribution in [-0.4, -0.2) is 4.98 Å². The van der Waals surface area contributed by atoms with E-state index in [4.69, 9.17) is 16.6 Å². The molecule has 0 N–H and O–H groups in total. The van der Waals surface area contributed by atoms with Crippen LogP contribution in [0.3, 0.4) is 0 Å². The number of benzene rings is 1. The highest BCUT2D eigenvalue weighted by atomic mass is 35.5. The number of nitrogens with zero attached hydrogens (tertiary/aromatic N) is 1. The maximum Gasteiger partial charge on any atom is 0.0714 e. The molecule has 0 saturated carbocycles. The first-order valence-corrected chi connectivity index (χ1v) is 7.21. The van der Waals surface area contributed by atoms with Crippen LogP contribution in [0.1, 0.15) is 40.8 Å². The lowest BCUT2D eigenvalue weighted by atomic mass is 9.89. The van der Waals surface area contributed by atoms with Gasteiger partial charge < -0.3 is 0 Å². The second kappa shape index (κ2) is 4.55. The molecule has 0 unspecified atom stereocenters. The standard InChI is InChI=1S/C16H18ClN/c1-10-7-11(2)16-13(9-17)12-5-3-4-6-14(12)18-15(16)8-10/h7-8H,3-6,9H2,1-2H3. The highest BCUT2D eigenvalue weighted by molar-refractivity contribution is 6.18. The van der Waals surface area contributed by atoms with Gasteiger partial charge in [-0.3, -0.25) is 4.98 Å². The minimum Gasteiger partial charge on any atom is -0.253 e. The van der Waals surface area contributed by atoms with Crippen molar-refractivity contribution in [2.24, 2.45) is 0 Å². The molecule has 0 fully saturated rings. The van der Waals surface area contributed by atoms with Crippen molar-refractivity contribution in [2.45, 2.75) is 45.4 Å². The number of hydrogen-bond acceptors (Lipinski definition) is 1. The van der Waals surface area contributed by atoms with Gasteiger partial charge >= 0.3 is 0 Å². The average molecular weight is 260 g/mol. The molecule has 0 saturated heterocycles. The van der Waals surface area contributed by atoms with Gasteiger partial charge in [0.25, 0.3) is 0 Å². The predicted molar refractivity (Wildman–Crippen MR) is 77.4 cm³/mol. The van der Waals surface area contributed by atoms with E-state index in [2.05, 4.69) is 26.0 Å². The minimum absolute atomic E-state index is 0.602. The van der Waals surface area contributed by atoms with Crippen LogP contribution in [-0.2, 0) is 18.7 Å². The maximum absolute atomic E-state index is 6.23. The van der Waals surface area contributed by atoms with Gasteiger partial charge in [0.1, 0.15) is 0 Å². The quantitative estimate of drug-likeness (QED) is 0.689. The molecule has 0 bridgehead atoms. The smallest absolute Gasteiger partial charge is 0.0714 e. The molecule has 1 aliphatic carbocycles. The van der Waals surface area contributed by atoms with Gasteiger partial charge in [0.2, 0.25) is 0 Å². The highest BCUT2D eigenvalue weighted by Crippen LogP contribution is 2.32. The van der Waals surface area contributed by atoms with Gasteiger partial charge in [-0.2, -0.15) is 0 Å². The molecule has 0 aliphatic heterocycles. The second-order valence-corrected chi connectivity index (χ2v) is 5.60. The molecular weight excluding hydrogens is 242 g/mol. The highest BCUT2D eigenvalue weighted by Gasteiger charge is 2.18. The molecule has 0 amide bonds. The van der Waals surface area contributed by atoms with Crippen LogP contribution in [0.15, 0.2) is 12.1 Å². The number of alkyl halides is 1. The van der Waals surface area contributed by atoms with E-state index in [1.165, 1.54) is 46.2 Å². The van der Waals surface area contributed by atoms with Gasteiger partial charge in [0.15, 0.2) is 0 Å². The van der Waals surface area contributed by atoms with Gasteiger partial charge in [-0.1, -0.05) is 6.07 Å². The van der Waals surface area contributed by atoms with E-state index in [0.29, 0.717) is 5.88 Å². The summed E-state index contributed by atoms with van der Waals surface area (Å²) in [5, 5.41) is 1.29. The Kier molecular flexibility index (Phi) is 3.03. The Morgan fingerprint density at radius 2 is 1.94 bits per heavy atom. The SMILES string of the molecule is Cc1cc(C)c2c(CCl)c3c(nc2c1)CCCC3. The molecule has 3 rings (SSSR count). The van der Waals surface area contributed by atoms with Crippen molar-refractivity contribution in [1.82, 2.24) is 4.98 Å². The van der Waals surface area contributed by atoms with Crippen LogP contribution < -0.4 is 0 Å². The number of pyridine rings is 1. The van der Waals surface area contributed by atoms with Gasteiger partial charge in [0.05, 0.1) is 5.52 Å². The molecule has 0 spiro atoms. The number of halogens is 1. The molecule has 1 aromatic heterocycles. The summed E-state index contributed by atoms with van der Waals surface area (Å²) in [5.41, 5.74) is 7.76. The molecule has 1 nitrogen and oxygen atoms in total. The second-order valence-electron chi connectivity index (χ2n) is 5.33. The zero-order valence-electron chi connectivity index (χ0n) is 11.0. The van der Waals surface area contributed by atoms with Crippen LogP contribution in [0.5, 0.6) is 0 Å². The summed E-state index contributed by atoms with van der Waals surface area (Å²) in [6.07, 6.45) is 4.79. The Morgan fingerprint density at radius 1 is 1.17 bits per heavy atom. The molecular formula is C16H18ClN. The van der Waals surface area contributed by atoms with E-state index in [1.54, 1.807) is 0 Å². The van der Waals surface area contributed by atoms with Crippen LogP contribution in [0, 0.1) is 13.8 Å². The Balaban J connectivity index is 2.40. The summed E-state index contributed by atoms with van der Waals surface area (Å²) in [7, 11) is 0. The van der Waals surface area contributed by atoms with Crippen molar-refractivity contribution in [3.05, 3.63) is 40.1 Å². The van der Waals surface area contributed by atoms with Gasteiger partial charge in [0, 0.05) is 17.0 Å². The van der Waals surface area contributed by atoms with E-state index in [9.17, 15) is 0 Å². The van der Waals surface area contributed by atoms with E-state index >= 15 is 0 Å². The topological polar surface area (TPSA) is 12.9 Å². The van der Waals surface area contributed by atoms with Crippen molar-refractivity contribution >= 4 is 22.5 Å². The molecule has 2 aromatic rings. The lowest BCUT2D eigenvalue weighted by molar-refractivity contribution is 0.667. The zero-order valence-corrected chi connectivity index (χ0v) is 11.8. The van der Waals surface area contributed by atoms with E-state index in [0.717, 1.165) is 18.4 Å². The monoisotopic (exact) mass is 259 g/mol. The van der Waals surface area contributed by atoms with Gasteiger partial charge in [-0.05, 0) is 67.9 Å². The van der Waals surface area contributed by atoms with Gasteiger partial charge in [-0.15, -0.1) is 11.6 Å². The third-order valence-electron chi connectivity index (χ3n) is 3.95. The fourth-order valence-electron chi connectivity index (χ4n) is 3.21. The molecule has 2 heteroatoms. The molecule has 0 radical (unpaired) electrons. The zero-order chi connectivity index (χ0) is 12.7.